The Balaban J connectivity index is 2.24. The van der Waals surface area contributed by atoms with Gasteiger partial charge in [0.1, 0.15) is 0 Å². The molecule has 1 aromatic rings. The summed E-state index contributed by atoms with van der Waals surface area (Å²) >= 11 is 0. The van der Waals surface area contributed by atoms with Gasteiger partial charge in [-0.15, -0.1) is 0 Å². The van der Waals surface area contributed by atoms with Gasteiger partial charge in [-0.3, -0.25) is 0 Å². The number of aromatic nitrogens is 2. The molecular formula is C11H21N3O3S. The van der Waals surface area contributed by atoms with Gasteiger partial charge in [-0.05, 0) is 20.8 Å². The van der Waals surface area contributed by atoms with Crippen molar-refractivity contribution in [1.29, 1.82) is 0 Å². The van der Waals surface area contributed by atoms with Crippen molar-refractivity contribution >= 4 is 9.84 Å². The van der Waals surface area contributed by atoms with Crippen LogP contribution in [0.25, 0.3) is 0 Å². The van der Waals surface area contributed by atoms with E-state index in [9.17, 15) is 8.42 Å². The van der Waals surface area contributed by atoms with Crippen LogP contribution in [-0.4, -0.2) is 42.1 Å². The van der Waals surface area contributed by atoms with Crippen LogP contribution in [0.5, 0.6) is 0 Å². The average molecular weight is 275 g/mol. The number of hydrogen-bond donors (Lipinski definition) is 1. The lowest BCUT2D eigenvalue weighted by molar-refractivity contribution is 0.387. The maximum atomic E-state index is 11.8. The summed E-state index contributed by atoms with van der Waals surface area (Å²) in [5, 5.41) is 6.83. The Kier molecular flexibility index (Phi) is 4.86. The number of aryl methyl sites for hydroxylation is 1. The third-order valence-corrected chi connectivity index (χ3v) is 5.18. The third kappa shape index (κ3) is 4.38. The van der Waals surface area contributed by atoms with E-state index in [0.717, 1.165) is 0 Å². The minimum Gasteiger partial charge on any atom is -0.340 e. The lowest BCUT2D eigenvalue weighted by Gasteiger charge is -2.19. The molecule has 0 spiro atoms. The minimum atomic E-state index is -3.05. The van der Waals surface area contributed by atoms with Crippen LogP contribution >= 0.6 is 0 Å². The maximum absolute atomic E-state index is 11.8. The fourth-order valence-electron chi connectivity index (χ4n) is 1.28. The van der Waals surface area contributed by atoms with Gasteiger partial charge in [0, 0.05) is 26.4 Å². The molecule has 104 valence electrons. The molecule has 1 rings (SSSR count). The molecule has 18 heavy (non-hydrogen) atoms. The Labute approximate surface area is 108 Å². The maximum Gasteiger partial charge on any atom is 0.223 e. The van der Waals surface area contributed by atoms with E-state index in [0.29, 0.717) is 31.2 Å². The molecule has 0 saturated heterocycles. The van der Waals surface area contributed by atoms with E-state index >= 15 is 0 Å². The Morgan fingerprint density at radius 1 is 1.28 bits per heavy atom. The van der Waals surface area contributed by atoms with Gasteiger partial charge >= 0.3 is 0 Å². The highest BCUT2D eigenvalue weighted by molar-refractivity contribution is 7.92. The monoisotopic (exact) mass is 275 g/mol. The molecule has 0 bridgehead atoms. The number of sulfone groups is 1. The number of hydrogen-bond acceptors (Lipinski definition) is 6. The van der Waals surface area contributed by atoms with E-state index in [1.165, 1.54) is 0 Å². The summed E-state index contributed by atoms with van der Waals surface area (Å²) in [5.41, 5.74) is 0. The summed E-state index contributed by atoms with van der Waals surface area (Å²) in [5.74, 6) is 1.32. The highest BCUT2D eigenvalue weighted by Crippen LogP contribution is 2.15. The molecule has 0 aliphatic heterocycles. The molecule has 0 unspecified atom stereocenters. The SMILES string of the molecule is Cc1nc(CCNCCS(=O)(=O)C(C)(C)C)no1. The van der Waals surface area contributed by atoms with Gasteiger partial charge in [-0.25, -0.2) is 8.42 Å². The lowest BCUT2D eigenvalue weighted by atomic mass is 10.3. The summed E-state index contributed by atoms with van der Waals surface area (Å²) in [6.45, 7) is 7.95. The highest BCUT2D eigenvalue weighted by Gasteiger charge is 2.27. The zero-order chi connectivity index (χ0) is 13.8. The molecule has 0 saturated carbocycles. The van der Waals surface area contributed by atoms with Gasteiger partial charge in [0.15, 0.2) is 15.7 Å². The second-order valence-electron chi connectivity index (χ2n) is 5.16. The summed E-state index contributed by atoms with van der Waals surface area (Å²) < 4.78 is 27.8. The first-order valence-corrected chi connectivity index (χ1v) is 7.60. The van der Waals surface area contributed by atoms with E-state index in [1.807, 2.05) is 0 Å². The molecule has 1 N–H and O–H groups in total. The summed E-state index contributed by atoms with van der Waals surface area (Å²) in [4.78, 5) is 4.06. The van der Waals surface area contributed by atoms with Gasteiger partial charge in [0.2, 0.25) is 5.89 Å². The van der Waals surface area contributed by atoms with Crippen molar-refractivity contribution < 1.29 is 12.9 Å². The molecule has 1 aromatic heterocycles. The molecular weight excluding hydrogens is 254 g/mol. The van der Waals surface area contributed by atoms with Crippen molar-refractivity contribution in [2.24, 2.45) is 0 Å². The fourth-order valence-corrected chi connectivity index (χ4v) is 2.31. The highest BCUT2D eigenvalue weighted by atomic mass is 32.2. The van der Waals surface area contributed by atoms with Crippen LogP contribution in [-0.2, 0) is 16.3 Å². The van der Waals surface area contributed by atoms with Crippen molar-refractivity contribution in [1.82, 2.24) is 15.5 Å². The van der Waals surface area contributed by atoms with Crippen molar-refractivity contribution in [3.63, 3.8) is 0 Å². The van der Waals surface area contributed by atoms with E-state index in [4.69, 9.17) is 4.52 Å². The largest absolute Gasteiger partial charge is 0.340 e. The smallest absolute Gasteiger partial charge is 0.223 e. The quantitative estimate of drug-likeness (QED) is 0.770. The molecule has 7 heteroatoms. The topological polar surface area (TPSA) is 85.1 Å². The lowest BCUT2D eigenvalue weighted by Crippen LogP contribution is -2.35. The van der Waals surface area contributed by atoms with Gasteiger partial charge in [-0.1, -0.05) is 5.16 Å². The Bertz CT molecular complexity index is 474. The average Bonchev–Trinajstić information content (AvgIpc) is 2.62. The first-order valence-electron chi connectivity index (χ1n) is 5.94. The molecule has 0 amide bonds. The van der Waals surface area contributed by atoms with Crippen LogP contribution in [0.4, 0.5) is 0 Å². The van der Waals surface area contributed by atoms with Crippen molar-refractivity contribution in [3.8, 4) is 0 Å². The van der Waals surface area contributed by atoms with Gasteiger partial charge in [0.05, 0.1) is 10.5 Å². The van der Waals surface area contributed by atoms with Crippen LogP contribution in [0.1, 0.15) is 32.5 Å². The molecule has 1 heterocycles. The Morgan fingerprint density at radius 2 is 1.94 bits per heavy atom. The molecule has 0 aliphatic carbocycles. The van der Waals surface area contributed by atoms with Crippen molar-refractivity contribution in [2.45, 2.75) is 38.9 Å². The predicted octanol–water partition coefficient (Wildman–Crippen LogP) is 0.723. The van der Waals surface area contributed by atoms with Gasteiger partial charge in [-0.2, -0.15) is 4.98 Å². The second kappa shape index (κ2) is 5.79. The fraction of sp³-hybridized carbons (Fsp3) is 0.818. The van der Waals surface area contributed by atoms with E-state index < -0.39 is 14.6 Å². The zero-order valence-corrected chi connectivity index (χ0v) is 12.2. The molecule has 0 radical (unpaired) electrons. The van der Waals surface area contributed by atoms with Crippen LogP contribution in [0.2, 0.25) is 0 Å². The third-order valence-electron chi connectivity index (χ3n) is 2.58. The second-order valence-corrected chi connectivity index (χ2v) is 8.02. The zero-order valence-electron chi connectivity index (χ0n) is 11.4. The van der Waals surface area contributed by atoms with Crippen LogP contribution in [0.3, 0.4) is 0 Å². The minimum absolute atomic E-state index is 0.141. The Hall–Kier alpha value is -0.950. The Morgan fingerprint density at radius 3 is 2.44 bits per heavy atom. The standard InChI is InChI=1S/C11H21N3O3S/c1-9-13-10(14-17-9)5-6-12-7-8-18(15,16)11(2,3)4/h12H,5-8H2,1-4H3. The summed E-state index contributed by atoms with van der Waals surface area (Å²) in [6, 6.07) is 0. The van der Waals surface area contributed by atoms with Gasteiger partial charge < -0.3 is 9.84 Å². The van der Waals surface area contributed by atoms with Crippen molar-refractivity contribution in [2.75, 3.05) is 18.8 Å². The summed E-state index contributed by atoms with van der Waals surface area (Å²) in [7, 11) is -3.05. The summed E-state index contributed by atoms with van der Waals surface area (Å²) in [6.07, 6.45) is 0.632. The van der Waals surface area contributed by atoms with Crippen LogP contribution in [0, 0.1) is 6.92 Å². The van der Waals surface area contributed by atoms with Gasteiger partial charge in [0.25, 0.3) is 0 Å². The molecule has 0 aromatic carbocycles. The van der Waals surface area contributed by atoms with E-state index in [2.05, 4.69) is 15.5 Å². The number of nitrogens with one attached hydrogen (secondary N) is 1. The van der Waals surface area contributed by atoms with E-state index in [-0.39, 0.29) is 5.75 Å². The molecule has 0 atom stereocenters. The van der Waals surface area contributed by atoms with Crippen LogP contribution < -0.4 is 5.32 Å². The van der Waals surface area contributed by atoms with Crippen LogP contribution in [0.15, 0.2) is 4.52 Å². The van der Waals surface area contributed by atoms with E-state index in [1.54, 1.807) is 27.7 Å². The normalized spacial score (nSPS) is 12.9. The first-order chi connectivity index (χ1) is 8.22. The van der Waals surface area contributed by atoms with Crippen molar-refractivity contribution in [3.05, 3.63) is 11.7 Å². The first kappa shape index (κ1) is 15.1. The molecule has 0 fully saturated rings. The molecule has 6 nitrogen and oxygen atoms in total. The number of nitrogens with zero attached hydrogens (tertiary/aromatic N) is 2. The predicted molar refractivity (Wildman–Crippen MR) is 69.1 cm³/mol. The molecule has 0 aliphatic rings. The number of rotatable bonds is 6.